The SMILES string of the molecule is CC(C)C12C=CC(C=O)C1C2. The average molecular weight is 150 g/mol. The first kappa shape index (κ1) is 7.08. The van der Waals surface area contributed by atoms with Crippen LogP contribution in [0, 0.1) is 23.2 Å². The average Bonchev–Trinajstić information content (AvgIpc) is 2.61. The highest BCUT2D eigenvalue weighted by molar-refractivity contribution is 5.61. The lowest BCUT2D eigenvalue weighted by Crippen LogP contribution is -2.08. The van der Waals surface area contributed by atoms with Gasteiger partial charge in [-0.1, -0.05) is 26.0 Å². The third-order valence-corrected chi connectivity index (χ3v) is 3.43. The van der Waals surface area contributed by atoms with Crippen LogP contribution in [0.3, 0.4) is 0 Å². The summed E-state index contributed by atoms with van der Waals surface area (Å²) >= 11 is 0. The Morgan fingerprint density at radius 1 is 1.64 bits per heavy atom. The standard InChI is InChI=1S/C10H14O/c1-7(2)10-4-3-8(6-11)9(10)5-10/h3-4,6-9H,5H2,1-2H3. The van der Waals surface area contributed by atoms with Gasteiger partial charge in [0.05, 0.1) is 0 Å². The van der Waals surface area contributed by atoms with E-state index in [0.717, 1.165) is 6.29 Å². The van der Waals surface area contributed by atoms with Gasteiger partial charge in [-0.15, -0.1) is 0 Å². The summed E-state index contributed by atoms with van der Waals surface area (Å²) < 4.78 is 0. The van der Waals surface area contributed by atoms with Crippen molar-refractivity contribution in [3.63, 3.8) is 0 Å². The van der Waals surface area contributed by atoms with E-state index in [-0.39, 0.29) is 5.92 Å². The minimum absolute atomic E-state index is 0.234. The molecule has 0 aromatic heterocycles. The molecule has 0 aliphatic heterocycles. The fraction of sp³-hybridized carbons (Fsp3) is 0.700. The maximum absolute atomic E-state index is 10.6. The van der Waals surface area contributed by atoms with Gasteiger partial charge in [0.2, 0.25) is 0 Å². The maximum atomic E-state index is 10.6. The van der Waals surface area contributed by atoms with Crippen LogP contribution in [0.4, 0.5) is 0 Å². The Morgan fingerprint density at radius 3 is 2.64 bits per heavy atom. The Balaban J connectivity index is 2.17. The smallest absolute Gasteiger partial charge is 0.127 e. The summed E-state index contributed by atoms with van der Waals surface area (Å²) in [6, 6.07) is 0. The van der Waals surface area contributed by atoms with E-state index in [0.29, 0.717) is 17.3 Å². The normalized spacial score (nSPS) is 46.1. The molecule has 11 heavy (non-hydrogen) atoms. The van der Waals surface area contributed by atoms with E-state index in [9.17, 15) is 4.79 Å². The number of fused-ring (bicyclic) bond motifs is 1. The van der Waals surface area contributed by atoms with Gasteiger partial charge < -0.3 is 4.79 Å². The predicted octanol–water partition coefficient (Wildman–Crippen LogP) is 2.03. The van der Waals surface area contributed by atoms with Gasteiger partial charge in [-0.25, -0.2) is 0 Å². The van der Waals surface area contributed by atoms with Crippen molar-refractivity contribution < 1.29 is 4.79 Å². The second-order valence-corrected chi connectivity index (χ2v) is 4.15. The minimum atomic E-state index is 0.234. The molecule has 0 aromatic rings. The highest BCUT2D eigenvalue weighted by Gasteiger charge is 2.59. The lowest BCUT2D eigenvalue weighted by molar-refractivity contribution is -0.110. The fourth-order valence-electron chi connectivity index (χ4n) is 2.43. The third-order valence-electron chi connectivity index (χ3n) is 3.43. The quantitative estimate of drug-likeness (QED) is 0.435. The van der Waals surface area contributed by atoms with Gasteiger partial charge in [0.1, 0.15) is 6.29 Å². The molecule has 0 N–H and O–H groups in total. The second kappa shape index (κ2) is 1.96. The molecule has 0 saturated heterocycles. The molecule has 0 spiro atoms. The summed E-state index contributed by atoms with van der Waals surface area (Å²) in [7, 11) is 0. The topological polar surface area (TPSA) is 17.1 Å². The van der Waals surface area contributed by atoms with Crippen molar-refractivity contribution in [1.82, 2.24) is 0 Å². The van der Waals surface area contributed by atoms with Crippen LogP contribution in [0.15, 0.2) is 12.2 Å². The van der Waals surface area contributed by atoms with Crippen molar-refractivity contribution in [3.05, 3.63) is 12.2 Å². The van der Waals surface area contributed by atoms with E-state index >= 15 is 0 Å². The van der Waals surface area contributed by atoms with Crippen molar-refractivity contribution >= 4 is 6.29 Å². The zero-order valence-corrected chi connectivity index (χ0v) is 7.08. The van der Waals surface area contributed by atoms with Crippen molar-refractivity contribution in [2.45, 2.75) is 20.3 Å². The molecular weight excluding hydrogens is 136 g/mol. The van der Waals surface area contributed by atoms with E-state index in [1.54, 1.807) is 0 Å². The van der Waals surface area contributed by atoms with Crippen LogP contribution in [-0.2, 0) is 4.79 Å². The van der Waals surface area contributed by atoms with Crippen molar-refractivity contribution in [2.24, 2.45) is 23.2 Å². The molecule has 1 fully saturated rings. The summed E-state index contributed by atoms with van der Waals surface area (Å²) in [5.74, 6) is 1.59. The van der Waals surface area contributed by atoms with E-state index in [1.165, 1.54) is 6.42 Å². The largest absolute Gasteiger partial charge is 0.303 e. The van der Waals surface area contributed by atoms with E-state index < -0.39 is 0 Å². The van der Waals surface area contributed by atoms with Crippen molar-refractivity contribution in [1.29, 1.82) is 0 Å². The molecule has 60 valence electrons. The second-order valence-electron chi connectivity index (χ2n) is 4.15. The van der Waals surface area contributed by atoms with Crippen LogP contribution in [0.25, 0.3) is 0 Å². The van der Waals surface area contributed by atoms with Gasteiger partial charge in [-0.05, 0) is 23.7 Å². The number of hydrogen-bond donors (Lipinski definition) is 0. The first-order valence-electron chi connectivity index (χ1n) is 4.35. The molecule has 0 heterocycles. The van der Waals surface area contributed by atoms with Gasteiger partial charge in [0, 0.05) is 5.92 Å². The Labute approximate surface area is 67.5 Å². The Bertz CT molecular complexity index is 217. The zero-order valence-electron chi connectivity index (χ0n) is 7.08. The lowest BCUT2D eigenvalue weighted by atomic mass is 9.91. The first-order valence-corrected chi connectivity index (χ1v) is 4.35. The molecule has 3 atom stereocenters. The number of hydrogen-bond acceptors (Lipinski definition) is 1. The monoisotopic (exact) mass is 150 g/mol. The summed E-state index contributed by atoms with van der Waals surface area (Å²) in [5.41, 5.74) is 0.422. The summed E-state index contributed by atoms with van der Waals surface area (Å²) in [4.78, 5) is 10.6. The molecule has 3 unspecified atom stereocenters. The van der Waals surface area contributed by atoms with Crippen LogP contribution < -0.4 is 0 Å². The molecule has 2 aliphatic rings. The first-order chi connectivity index (χ1) is 5.20. The van der Waals surface area contributed by atoms with Crippen LogP contribution in [-0.4, -0.2) is 6.29 Å². The van der Waals surface area contributed by atoms with E-state index in [4.69, 9.17) is 0 Å². The maximum Gasteiger partial charge on any atom is 0.127 e. The van der Waals surface area contributed by atoms with Gasteiger partial charge >= 0.3 is 0 Å². The number of aldehydes is 1. The summed E-state index contributed by atoms with van der Waals surface area (Å²) in [5, 5.41) is 0. The van der Waals surface area contributed by atoms with Crippen molar-refractivity contribution in [2.75, 3.05) is 0 Å². The lowest BCUT2D eigenvalue weighted by Gasteiger charge is -2.13. The molecule has 0 amide bonds. The molecule has 0 radical (unpaired) electrons. The van der Waals surface area contributed by atoms with Crippen LogP contribution in [0.2, 0.25) is 0 Å². The minimum Gasteiger partial charge on any atom is -0.303 e. The number of allylic oxidation sites excluding steroid dienone is 2. The van der Waals surface area contributed by atoms with Gasteiger partial charge in [-0.2, -0.15) is 0 Å². The van der Waals surface area contributed by atoms with E-state index in [2.05, 4.69) is 26.0 Å². The van der Waals surface area contributed by atoms with Gasteiger partial charge in [-0.3, -0.25) is 0 Å². The predicted molar refractivity (Wildman–Crippen MR) is 44.1 cm³/mol. The molecule has 1 heteroatoms. The Kier molecular flexibility index (Phi) is 1.26. The highest BCUT2D eigenvalue weighted by Crippen LogP contribution is 2.65. The summed E-state index contributed by atoms with van der Waals surface area (Å²) in [6.45, 7) is 4.50. The Morgan fingerprint density at radius 2 is 2.36 bits per heavy atom. The fourth-order valence-corrected chi connectivity index (χ4v) is 2.43. The molecular formula is C10H14O. The van der Waals surface area contributed by atoms with E-state index in [1.807, 2.05) is 0 Å². The van der Waals surface area contributed by atoms with Crippen molar-refractivity contribution in [3.8, 4) is 0 Å². The molecule has 0 aromatic carbocycles. The number of carbonyl (C=O) groups is 1. The highest BCUT2D eigenvalue weighted by atomic mass is 16.1. The van der Waals surface area contributed by atoms with Gasteiger partial charge in [0.25, 0.3) is 0 Å². The summed E-state index contributed by atoms with van der Waals surface area (Å²) in [6.07, 6.45) is 6.69. The molecule has 2 aliphatic carbocycles. The molecule has 1 nitrogen and oxygen atoms in total. The number of rotatable bonds is 2. The Hall–Kier alpha value is -0.590. The van der Waals surface area contributed by atoms with Crippen LogP contribution in [0.5, 0.6) is 0 Å². The van der Waals surface area contributed by atoms with Crippen LogP contribution >= 0.6 is 0 Å². The van der Waals surface area contributed by atoms with Gasteiger partial charge in [0.15, 0.2) is 0 Å². The van der Waals surface area contributed by atoms with Crippen LogP contribution in [0.1, 0.15) is 20.3 Å². The molecule has 0 bridgehead atoms. The molecule has 1 saturated carbocycles. The number of carbonyl (C=O) groups excluding carboxylic acids is 1. The molecule has 2 rings (SSSR count). The zero-order chi connectivity index (χ0) is 8.06. The third kappa shape index (κ3) is 0.741.